The molecule has 1 aromatic heterocycles. The first-order chi connectivity index (χ1) is 13.2. The molecule has 0 radical (unpaired) electrons. The molecular weight excluding hydrogens is 340 g/mol. The molecule has 0 fully saturated rings. The smallest absolute Gasteiger partial charge is 0.225 e. The van der Waals surface area contributed by atoms with E-state index in [0.29, 0.717) is 18.4 Å². The predicted octanol–water partition coefficient (Wildman–Crippen LogP) is 4.08. The van der Waals surface area contributed by atoms with Crippen molar-refractivity contribution in [1.82, 2.24) is 9.97 Å². The molecule has 0 aliphatic rings. The minimum atomic E-state index is -0.144. The number of aliphatic hydroxyl groups excluding tert-OH is 1. The van der Waals surface area contributed by atoms with E-state index < -0.39 is 0 Å². The van der Waals surface area contributed by atoms with Crippen molar-refractivity contribution in [2.24, 2.45) is 0 Å². The number of anilines is 3. The first kappa shape index (κ1) is 18.7. The average molecular weight is 364 g/mol. The maximum atomic E-state index is 9.31. The lowest BCUT2D eigenvalue weighted by Crippen LogP contribution is -2.21. The van der Waals surface area contributed by atoms with Crippen molar-refractivity contribution in [3.05, 3.63) is 60.7 Å². The molecule has 3 N–H and O–H groups in total. The van der Waals surface area contributed by atoms with E-state index in [0.717, 1.165) is 22.7 Å². The minimum Gasteiger partial charge on any atom is -0.494 e. The zero-order chi connectivity index (χ0) is 19.1. The summed E-state index contributed by atoms with van der Waals surface area (Å²) in [6.45, 7) is 4.47. The third-order valence-corrected chi connectivity index (χ3v) is 3.88. The first-order valence-corrected chi connectivity index (χ1v) is 8.99. The Morgan fingerprint density at radius 1 is 1.04 bits per heavy atom. The van der Waals surface area contributed by atoms with Crippen molar-refractivity contribution in [2.75, 3.05) is 23.8 Å². The highest BCUT2D eigenvalue weighted by atomic mass is 16.5. The Kier molecular flexibility index (Phi) is 6.22. The van der Waals surface area contributed by atoms with Gasteiger partial charge in [0.1, 0.15) is 11.6 Å². The highest BCUT2D eigenvalue weighted by molar-refractivity contribution is 5.67. The third-order valence-electron chi connectivity index (χ3n) is 3.88. The third kappa shape index (κ3) is 5.18. The van der Waals surface area contributed by atoms with Crippen LogP contribution in [-0.4, -0.2) is 34.3 Å². The Labute approximate surface area is 159 Å². The number of aromatic nitrogens is 2. The van der Waals surface area contributed by atoms with Gasteiger partial charge >= 0.3 is 0 Å². The Balaban J connectivity index is 1.89. The number of ether oxygens (including phenoxy) is 1. The summed E-state index contributed by atoms with van der Waals surface area (Å²) in [5, 5.41) is 15.7. The van der Waals surface area contributed by atoms with Crippen LogP contribution in [0.5, 0.6) is 5.75 Å². The monoisotopic (exact) mass is 364 g/mol. The summed E-state index contributed by atoms with van der Waals surface area (Å²) < 4.78 is 5.48. The van der Waals surface area contributed by atoms with Crippen LogP contribution in [0.25, 0.3) is 11.3 Å². The molecule has 0 aliphatic heterocycles. The highest BCUT2D eigenvalue weighted by Gasteiger charge is 2.09. The largest absolute Gasteiger partial charge is 0.494 e. The van der Waals surface area contributed by atoms with Crippen molar-refractivity contribution >= 4 is 17.5 Å². The number of hydrogen-bond acceptors (Lipinski definition) is 6. The molecule has 1 atom stereocenters. The molecule has 27 heavy (non-hydrogen) atoms. The van der Waals surface area contributed by atoms with Gasteiger partial charge in [-0.1, -0.05) is 30.3 Å². The average Bonchev–Trinajstić information content (AvgIpc) is 2.70. The lowest BCUT2D eigenvalue weighted by molar-refractivity contribution is 0.281. The summed E-state index contributed by atoms with van der Waals surface area (Å²) in [6.07, 6.45) is 0. The van der Waals surface area contributed by atoms with E-state index in [-0.39, 0.29) is 12.6 Å². The van der Waals surface area contributed by atoms with Gasteiger partial charge in [-0.15, -0.1) is 0 Å². The summed E-state index contributed by atoms with van der Waals surface area (Å²) in [4.78, 5) is 9.10. The summed E-state index contributed by atoms with van der Waals surface area (Å²) in [6, 6.07) is 19.4. The molecule has 0 saturated heterocycles. The van der Waals surface area contributed by atoms with E-state index in [1.165, 1.54) is 0 Å². The predicted molar refractivity (Wildman–Crippen MR) is 109 cm³/mol. The van der Waals surface area contributed by atoms with Crippen molar-refractivity contribution in [2.45, 2.75) is 19.9 Å². The molecule has 0 unspecified atom stereocenters. The number of benzene rings is 2. The highest BCUT2D eigenvalue weighted by Crippen LogP contribution is 2.24. The molecule has 6 heteroatoms. The molecule has 3 rings (SSSR count). The van der Waals surface area contributed by atoms with Crippen molar-refractivity contribution in [3.63, 3.8) is 0 Å². The van der Waals surface area contributed by atoms with Crippen LogP contribution in [0.1, 0.15) is 13.8 Å². The van der Waals surface area contributed by atoms with Crippen LogP contribution < -0.4 is 15.4 Å². The molecule has 1 heterocycles. The van der Waals surface area contributed by atoms with Crippen LogP contribution in [0, 0.1) is 0 Å². The second-order valence-corrected chi connectivity index (χ2v) is 6.14. The summed E-state index contributed by atoms with van der Waals surface area (Å²) in [7, 11) is 0. The Morgan fingerprint density at radius 3 is 2.44 bits per heavy atom. The van der Waals surface area contributed by atoms with Gasteiger partial charge in [0.05, 0.1) is 18.9 Å². The van der Waals surface area contributed by atoms with E-state index in [1.54, 1.807) is 0 Å². The summed E-state index contributed by atoms with van der Waals surface area (Å²) in [5.41, 5.74) is 2.69. The van der Waals surface area contributed by atoms with Crippen LogP contribution in [0.2, 0.25) is 0 Å². The van der Waals surface area contributed by atoms with Crippen LogP contribution >= 0.6 is 0 Å². The van der Waals surface area contributed by atoms with Gasteiger partial charge in [0, 0.05) is 23.4 Å². The standard InChI is InChI=1S/C21H24N4O2/c1-3-27-18-11-9-17(10-12-18)23-20-13-19(16-7-5-4-6-8-16)24-21(25-20)22-15(2)14-26/h4-13,15,26H,3,14H2,1-2H3,(H2,22,23,24,25)/t15-/m0/s1. The molecule has 3 aromatic rings. The van der Waals surface area contributed by atoms with Gasteiger partial charge in [0.2, 0.25) is 5.95 Å². The number of nitrogens with one attached hydrogen (secondary N) is 2. The zero-order valence-electron chi connectivity index (χ0n) is 15.5. The Hall–Kier alpha value is -3.12. The fourth-order valence-corrected chi connectivity index (χ4v) is 2.55. The van der Waals surface area contributed by atoms with E-state index >= 15 is 0 Å². The van der Waals surface area contributed by atoms with Gasteiger partial charge in [-0.2, -0.15) is 4.98 Å². The molecule has 0 spiro atoms. The Morgan fingerprint density at radius 2 is 1.78 bits per heavy atom. The quantitative estimate of drug-likeness (QED) is 0.559. The lowest BCUT2D eigenvalue weighted by atomic mass is 10.1. The number of rotatable bonds is 8. The van der Waals surface area contributed by atoms with E-state index in [1.807, 2.05) is 74.5 Å². The van der Waals surface area contributed by atoms with Crippen LogP contribution in [-0.2, 0) is 0 Å². The normalized spacial score (nSPS) is 11.7. The van der Waals surface area contributed by atoms with Gasteiger partial charge in [-0.3, -0.25) is 0 Å². The number of nitrogens with zero attached hydrogens (tertiary/aromatic N) is 2. The molecule has 2 aromatic carbocycles. The second-order valence-electron chi connectivity index (χ2n) is 6.14. The number of hydrogen-bond donors (Lipinski definition) is 3. The van der Waals surface area contributed by atoms with Gasteiger partial charge in [0.15, 0.2) is 0 Å². The van der Waals surface area contributed by atoms with E-state index in [4.69, 9.17) is 4.74 Å². The topological polar surface area (TPSA) is 79.3 Å². The van der Waals surface area contributed by atoms with Gasteiger partial charge in [-0.25, -0.2) is 4.98 Å². The van der Waals surface area contributed by atoms with Crippen LogP contribution in [0.3, 0.4) is 0 Å². The zero-order valence-corrected chi connectivity index (χ0v) is 15.5. The fraction of sp³-hybridized carbons (Fsp3) is 0.238. The molecule has 6 nitrogen and oxygen atoms in total. The molecular formula is C21H24N4O2. The maximum Gasteiger partial charge on any atom is 0.225 e. The molecule has 0 aliphatic carbocycles. The second kappa shape index (κ2) is 9.00. The lowest BCUT2D eigenvalue weighted by Gasteiger charge is -2.14. The van der Waals surface area contributed by atoms with E-state index in [2.05, 4.69) is 20.6 Å². The molecule has 140 valence electrons. The minimum absolute atomic E-state index is 0.000573. The van der Waals surface area contributed by atoms with Gasteiger partial charge in [0.25, 0.3) is 0 Å². The van der Waals surface area contributed by atoms with Gasteiger partial charge < -0.3 is 20.5 Å². The maximum absolute atomic E-state index is 9.31. The molecule has 0 bridgehead atoms. The number of aliphatic hydroxyl groups is 1. The van der Waals surface area contributed by atoms with Gasteiger partial charge in [-0.05, 0) is 38.1 Å². The molecule has 0 amide bonds. The SMILES string of the molecule is CCOc1ccc(Nc2cc(-c3ccccc3)nc(N[C@@H](C)CO)n2)cc1. The van der Waals surface area contributed by atoms with E-state index in [9.17, 15) is 5.11 Å². The van der Waals surface area contributed by atoms with Crippen molar-refractivity contribution in [3.8, 4) is 17.0 Å². The summed E-state index contributed by atoms with van der Waals surface area (Å²) in [5.74, 6) is 1.96. The van der Waals surface area contributed by atoms with Crippen LogP contribution in [0.4, 0.5) is 17.5 Å². The molecule has 0 saturated carbocycles. The summed E-state index contributed by atoms with van der Waals surface area (Å²) >= 11 is 0. The van der Waals surface area contributed by atoms with Crippen LogP contribution in [0.15, 0.2) is 60.7 Å². The Bertz CT molecular complexity index is 854. The fourth-order valence-electron chi connectivity index (χ4n) is 2.55. The van der Waals surface area contributed by atoms with Crippen molar-refractivity contribution < 1.29 is 9.84 Å². The van der Waals surface area contributed by atoms with Crippen molar-refractivity contribution in [1.29, 1.82) is 0 Å². The first-order valence-electron chi connectivity index (χ1n) is 8.99.